The van der Waals surface area contributed by atoms with E-state index in [2.05, 4.69) is 11.9 Å². The molecule has 0 aromatic heterocycles. The highest BCUT2D eigenvalue weighted by molar-refractivity contribution is 5.40. The Kier molecular flexibility index (Phi) is 4.23. The van der Waals surface area contributed by atoms with Crippen molar-refractivity contribution in [2.24, 2.45) is 5.92 Å². The molecule has 1 aliphatic heterocycles. The van der Waals surface area contributed by atoms with Gasteiger partial charge in [-0.25, -0.2) is 4.39 Å². The molecule has 1 unspecified atom stereocenters. The smallest absolute Gasteiger partial charge is 0.125 e. The van der Waals surface area contributed by atoms with Gasteiger partial charge in [-0.2, -0.15) is 0 Å². The van der Waals surface area contributed by atoms with Gasteiger partial charge in [-0.15, -0.1) is 0 Å². The summed E-state index contributed by atoms with van der Waals surface area (Å²) in [4.78, 5) is 2.35. The van der Waals surface area contributed by atoms with Crippen LogP contribution in [-0.2, 0) is 0 Å². The lowest BCUT2D eigenvalue weighted by atomic mass is 9.99. The molecule has 0 radical (unpaired) electrons. The first kappa shape index (κ1) is 13.3. The number of rotatable bonds is 3. The Bertz CT molecular complexity index is 396. The zero-order chi connectivity index (χ0) is 13.1. The third kappa shape index (κ3) is 3.22. The summed E-state index contributed by atoms with van der Waals surface area (Å²) >= 11 is 0. The van der Waals surface area contributed by atoms with Crippen LogP contribution < -0.4 is 4.74 Å². The van der Waals surface area contributed by atoms with Crippen molar-refractivity contribution >= 4 is 0 Å². The van der Waals surface area contributed by atoms with Crippen LogP contribution in [0, 0.1) is 25.6 Å². The molecule has 2 rings (SSSR count). The molecule has 0 spiro atoms. The number of halogens is 1. The lowest BCUT2D eigenvalue weighted by molar-refractivity contribution is 0.149. The minimum Gasteiger partial charge on any atom is -0.493 e. The molecule has 0 amide bonds. The number of aryl methyl sites for hydroxylation is 2. The molecule has 0 N–H and O–H groups in total. The van der Waals surface area contributed by atoms with Crippen molar-refractivity contribution in [1.29, 1.82) is 0 Å². The molecular weight excluding hydrogens is 229 g/mol. The Morgan fingerprint density at radius 2 is 2.00 bits per heavy atom. The summed E-state index contributed by atoms with van der Waals surface area (Å²) in [6.07, 6.45) is 2.47. The second kappa shape index (κ2) is 5.70. The number of benzene rings is 1. The van der Waals surface area contributed by atoms with Gasteiger partial charge < -0.3 is 9.64 Å². The SMILES string of the molecule is Cc1cc(F)cc(C)c1OCC1CCCN(C)C1. The summed E-state index contributed by atoms with van der Waals surface area (Å²) in [7, 11) is 2.15. The second-order valence-corrected chi connectivity index (χ2v) is 5.45. The van der Waals surface area contributed by atoms with Crippen LogP contribution in [0.25, 0.3) is 0 Å². The number of piperidine rings is 1. The molecule has 1 aliphatic rings. The van der Waals surface area contributed by atoms with Gasteiger partial charge in [0.05, 0.1) is 6.61 Å². The van der Waals surface area contributed by atoms with Gasteiger partial charge in [-0.3, -0.25) is 0 Å². The maximum atomic E-state index is 13.2. The van der Waals surface area contributed by atoms with E-state index in [1.165, 1.54) is 31.5 Å². The average molecular weight is 251 g/mol. The fraction of sp³-hybridized carbons (Fsp3) is 0.600. The molecule has 1 saturated heterocycles. The zero-order valence-electron chi connectivity index (χ0n) is 11.5. The van der Waals surface area contributed by atoms with Crippen molar-refractivity contribution in [2.75, 3.05) is 26.7 Å². The number of hydrogen-bond donors (Lipinski definition) is 0. The van der Waals surface area contributed by atoms with Gasteiger partial charge >= 0.3 is 0 Å². The van der Waals surface area contributed by atoms with E-state index in [4.69, 9.17) is 4.74 Å². The molecular formula is C15H22FNO. The van der Waals surface area contributed by atoms with Crippen LogP contribution in [0.5, 0.6) is 5.75 Å². The summed E-state index contributed by atoms with van der Waals surface area (Å²) in [5.74, 6) is 1.26. The molecule has 1 aromatic carbocycles. The molecule has 0 bridgehead atoms. The first-order chi connectivity index (χ1) is 8.56. The Morgan fingerprint density at radius 1 is 1.33 bits per heavy atom. The molecule has 1 atom stereocenters. The minimum absolute atomic E-state index is 0.185. The van der Waals surface area contributed by atoms with Gasteiger partial charge in [0, 0.05) is 12.5 Å². The second-order valence-electron chi connectivity index (χ2n) is 5.45. The van der Waals surface area contributed by atoms with E-state index < -0.39 is 0 Å². The van der Waals surface area contributed by atoms with E-state index in [1.54, 1.807) is 0 Å². The van der Waals surface area contributed by atoms with Gasteiger partial charge in [0.25, 0.3) is 0 Å². The average Bonchev–Trinajstić information content (AvgIpc) is 2.27. The van der Waals surface area contributed by atoms with Crippen LogP contribution >= 0.6 is 0 Å². The monoisotopic (exact) mass is 251 g/mol. The van der Waals surface area contributed by atoms with E-state index in [9.17, 15) is 4.39 Å². The van der Waals surface area contributed by atoms with Crippen LogP contribution in [0.4, 0.5) is 4.39 Å². The van der Waals surface area contributed by atoms with Crippen molar-refractivity contribution in [3.63, 3.8) is 0 Å². The van der Waals surface area contributed by atoms with Crippen molar-refractivity contribution in [3.8, 4) is 5.75 Å². The Morgan fingerprint density at radius 3 is 2.61 bits per heavy atom. The molecule has 18 heavy (non-hydrogen) atoms. The fourth-order valence-corrected chi connectivity index (χ4v) is 2.74. The molecule has 0 aliphatic carbocycles. The number of ether oxygens (including phenoxy) is 1. The summed E-state index contributed by atoms with van der Waals surface area (Å²) in [5.41, 5.74) is 1.77. The van der Waals surface area contributed by atoms with Crippen molar-refractivity contribution in [3.05, 3.63) is 29.1 Å². The number of nitrogens with zero attached hydrogens (tertiary/aromatic N) is 1. The standard InChI is InChI=1S/C15H22FNO/c1-11-7-14(16)8-12(2)15(11)18-10-13-5-4-6-17(3)9-13/h7-8,13H,4-6,9-10H2,1-3H3. The molecule has 1 heterocycles. The summed E-state index contributed by atoms with van der Waals surface area (Å²) in [6, 6.07) is 3.07. The summed E-state index contributed by atoms with van der Waals surface area (Å²) in [6.45, 7) is 6.82. The van der Waals surface area contributed by atoms with Gasteiger partial charge in [0.15, 0.2) is 0 Å². The normalized spacial score (nSPS) is 21.0. The van der Waals surface area contributed by atoms with Crippen LogP contribution in [0.2, 0.25) is 0 Å². The third-order valence-electron chi connectivity index (χ3n) is 3.61. The molecule has 2 nitrogen and oxygen atoms in total. The summed E-state index contributed by atoms with van der Waals surface area (Å²) in [5, 5.41) is 0. The zero-order valence-corrected chi connectivity index (χ0v) is 11.5. The summed E-state index contributed by atoms with van der Waals surface area (Å²) < 4.78 is 19.1. The van der Waals surface area contributed by atoms with E-state index in [0.29, 0.717) is 5.92 Å². The lowest BCUT2D eigenvalue weighted by Gasteiger charge is -2.29. The number of hydrogen-bond acceptors (Lipinski definition) is 2. The maximum Gasteiger partial charge on any atom is 0.125 e. The highest BCUT2D eigenvalue weighted by atomic mass is 19.1. The fourth-order valence-electron chi connectivity index (χ4n) is 2.74. The maximum absolute atomic E-state index is 13.2. The lowest BCUT2D eigenvalue weighted by Crippen LogP contribution is -2.34. The molecule has 100 valence electrons. The number of likely N-dealkylation sites (tertiary alicyclic amines) is 1. The molecule has 3 heteroatoms. The predicted octanol–water partition coefficient (Wildman–Crippen LogP) is 3.16. The Labute approximate surface area is 109 Å². The highest BCUT2D eigenvalue weighted by Crippen LogP contribution is 2.25. The molecule has 1 aromatic rings. The highest BCUT2D eigenvalue weighted by Gasteiger charge is 2.18. The topological polar surface area (TPSA) is 12.5 Å². The Balaban J connectivity index is 1.97. The Hall–Kier alpha value is -1.09. The first-order valence-electron chi connectivity index (χ1n) is 6.64. The van der Waals surface area contributed by atoms with Crippen LogP contribution in [-0.4, -0.2) is 31.6 Å². The van der Waals surface area contributed by atoms with Crippen molar-refractivity contribution in [2.45, 2.75) is 26.7 Å². The van der Waals surface area contributed by atoms with E-state index in [0.717, 1.165) is 30.0 Å². The quantitative estimate of drug-likeness (QED) is 0.818. The minimum atomic E-state index is -0.185. The third-order valence-corrected chi connectivity index (χ3v) is 3.61. The van der Waals surface area contributed by atoms with E-state index in [1.807, 2.05) is 13.8 Å². The van der Waals surface area contributed by atoms with Gasteiger partial charge in [-0.05, 0) is 63.5 Å². The van der Waals surface area contributed by atoms with Crippen LogP contribution in [0.15, 0.2) is 12.1 Å². The molecule has 0 saturated carbocycles. The first-order valence-corrected chi connectivity index (χ1v) is 6.64. The predicted molar refractivity (Wildman–Crippen MR) is 71.6 cm³/mol. The van der Waals surface area contributed by atoms with E-state index in [-0.39, 0.29) is 5.82 Å². The van der Waals surface area contributed by atoms with Crippen molar-refractivity contribution < 1.29 is 9.13 Å². The molecule has 1 fully saturated rings. The largest absolute Gasteiger partial charge is 0.493 e. The van der Waals surface area contributed by atoms with Crippen LogP contribution in [0.3, 0.4) is 0 Å². The van der Waals surface area contributed by atoms with E-state index >= 15 is 0 Å². The van der Waals surface area contributed by atoms with Gasteiger partial charge in [0.2, 0.25) is 0 Å². The van der Waals surface area contributed by atoms with Crippen LogP contribution in [0.1, 0.15) is 24.0 Å². The van der Waals surface area contributed by atoms with Gasteiger partial charge in [0.1, 0.15) is 11.6 Å². The van der Waals surface area contributed by atoms with Gasteiger partial charge in [-0.1, -0.05) is 0 Å². The van der Waals surface area contributed by atoms with Crippen molar-refractivity contribution in [1.82, 2.24) is 4.90 Å².